The molecule has 0 radical (unpaired) electrons. The minimum absolute atomic E-state index is 0.838. The van der Waals surface area contributed by atoms with Gasteiger partial charge in [-0.25, -0.2) is 9.29 Å². The lowest BCUT2D eigenvalue weighted by molar-refractivity contribution is 0.0773. The fourth-order valence-electron chi connectivity index (χ4n) is 3.53. The quantitative estimate of drug-likeness (QED) is 0.582. The van der Waals surface area contributed by atoms with Crippen molar-refractivity contribution in [2.24, 2.45) is 0 Å². The molecule has 0 spiro atoms. The van der Waals surface area contributed by atoms with Gasteiger partial charge in [0.05, 0.1) is 18.7 Å². The van der Waals surface area contributed by atoms with Gasteiger partial charge in [-0.3, -0.25) is 0 Å². The van der Waals surface area contributed by atoms with Crippen molar-refractivity contribution in [2.45, 2.75) is 6.92 Å². The van der Waals surface area contributed by atoms with Gasteiger partial charge in [0.25, 0.3) is 0 Å². The van der Waals surface area contributed by atoms with Crippen LogP contribution in [0, 0.1) is 6.92 Å². The lowest BCUT2D eigenvalue weighted by atomic mass is 10.1. The predicted molar refractivity (Wildman–Crippen MR) is 117 cm³/mol. The fraction of sp³-hybridized carbons (Fsp3) is 0.600. The first-order chi connectivity index (χ1) is 13.7. The lowest BCUT2D eigenvalue weighted by Crippen LogP contribution is -2.45. The number of aryl methyl sites for hydroxylation is 1. The molecule has 0 amide bonds. The molecule has 1 aromatic heterocycles. The van der Waals surface area contributed by atoms with Gasteiger partial charge >= 0.3 is 0 Å². The summed E-state index contributed by atoms with van der Waals surface area (Å²) < 4.78 is 7.81. The Balaban J connectivity index is 1.47. The van der Waals surface area contributed by atoms with Crippen LogP contribution in [-0.2, 0) is 4.74 Å². The molecule has 2 fully saturated rings. The molecule has 3 heterocycles. The molecular formula is C20H30N6OS. The smallest absolute Gasteiger partial charge is 0.227 e. The summed E-state index contributed by atoms with van der Waals surface area (Å²) in [5.74, 6) is 2.80. The Kier molecular flexibility index (Phi) is 6.51. The number of nitrogens with zero attached hydrogens (tertiary/aromatic N) is 5. The normalized spacial score (nSPS) is 19.3. The second kappa shape index (κ2) is 9.26. The van der Waals surface area contributed by atoms with Gasteiger partial charge in [0.2, 0.25) is 5.95 Å². The third-order valence-electron chi connectivity index (χ3n) is 5.26. The molecule has 2 aliphatic rings. The van der Waals surface area contributed by atoms with Crippen LogP contribution in [0.5, 0.6) is 0 Å². The minimum atomic E-state index is 0.838. The van der Waals surface area contributed by atoms with E-state index >= 15 is 0 Å². The van der Waals surface area contributed by atoms with Gasteiger partial charge in [0.1, 0.15) is 5.82 Å². The van der Waals surface area contributed by atoms with Crippen LogP contribution in [0.2, 0.25) is 0 Å². The molecule has 0 bridgehead atoms. The highest BCUT2D eigenvalue weighted by molar-refractivity contribution is 7.97. The molecule has 1 aromatic carbocycles. The van der Waals surface area contributed by atoms with E-state index in [0.29, 0.717) is 0 Å². The Morgan fingerprint density at radius 1 is 1.07 bits per heavy atom. The zero-order valence-electron chi connectivity index (χ0n) is 16.9. The van der Waals surface area contributed by atoms with Crippen molar-refractivity contribution >= 4 is 34.6 Å². The van der Waals surface area contributed by atoms with Crippen molar-refractivity contribution in [1.29, 1.82) is 0 Å². The Hall–Kier alpha value is -1.61. The third kappa shape index (κ3) is 4.86. The molecule has 0 atom stereocenters. The summed E-state index contributed by atoms with van der Waals surface area (Å²) in [5, 5.41) is 4.68. The summed E-state index contributed by atoms with van der Waals surface area (Å²) in [5.41, 5.74) is 2.24. The molecule has 28 heavy (non-hydrogen) atoms. The van der Waals surface area contributed by atoms with Crippen molar-refractivity contribution in [3.8, 4) is 0 Å². The van der Waals surface area contributed by atoms with Crippen LogP contribution in [0.25, 0.3) is 10.9 Å². The van der Waals surface area contributed by atoms with Gasteiger partial charge in [-0.2, -0.15) is 4.98 Å². The zero-order chi connectivity index (χ0) is 19.3. The first-order valence-electron chi connectivity index (χ1n) is 10.1. The lowest BCUT2D eigenvalue weighted by Gasteiger charge is -2.32. The van der Waals surface area contributed by atoms with E-state index in [2.05, 4.69) is 51.6 Å². The average Bonchev–Trinajstić information content (AvgIpc) is 2.72. The van der Waals surface area contributed by atoms with Gasteiger partial charge in [-0.1, -0.05) is 23.6 Å². The van der Waals surface area contributed by atoms with Crippen molar-refractivity contribution in [2.75, 3.05) is 82.0 Å². The molecule has 0 saturated carbocycles. The van der Waals surface area contributed by atoms with Gasteiger partial charge in [-0.15, -0.1) is 0 Å². The summed E-state index contributed by atoms with van der Waals surface area (Å²) in [6, 6.07) is 6.42. The first-order valence-corrected chi connectivity index (χ1v) is 11.0. The largest absolute Gasteiger partial charge is 0.379 e. The van der Waals surface area contributed by atoms with E-state index in [1.165, 1.54) is 5.56 Å². The number of anilines is 2. The highest BCUT2D eigenvalue weighted by atomic mass is 32.2. The molecule has 152 valence electrons. The maximum atomic E-state index is 5.42. The van der Waals surface area contributed by atoms with E-state index in [1.54, 1.807) is 0 Å². The molecule has 2 aromatic rings. The topological polar surface area (TPSA) is 56.8 Å². The Morgan fingerprint density at radius 3 is 2.64 bits per heavy atom. The van der Waals surface area contributed by atoms with E-state index in [4.69, 9.17) is 14.7 Å². The first kappa shape index (κ1) is 19.7. The van der Waals surface area contributed by atoms with Crippen LogP contribution < -0.4 is 10.2 Å². The number of ether oxygens (including phenoxy) is 1. The number of nitrogens with one attached hydrogen (secondary N) is 1. The van der Waals surface area contributed by atoms with Gasteiger partial charge in [-0.05, 0) is 26.1 Å². The SMILES string of the molecule is Cc1ccc2nc(N3CCN(C)CC3)nc(NCCSN3CCOCC3)c2c1. The molecule has 4 rings (SSSR count). The number of aromatic nitrogens is 2. The summed E-state index contributed by atoms with van der Waals surface area (Å²) >= 11 is 1.89. The Morgan fingerprint density at radius 2 is 1.86 bits per heavy atom. The summed E-state index contributed by atoms with van der Waals surface area (Å²) in [6.07, 6.45) is 0. The second-order valence-corrected chi connectivity index (χ2v) is 8.67. The highest BCUT2D eigenvalue weighted by Gasteiger charge is 2.18. The Labute approximate surface area is 171 Å². The van der Waals surface area contributed by atoms with Crippen molar-refractivity contribution < 1.29 is 4.74 Å². The van der Waals surface area contributed by atoms with Crippen LogP contribution >= 0.6 is 11.9 Å². The van der Waals surface area contributed by atoms with Gasteiger partial charge in [0.15, 0.2) is 0 Å². The van der Waals surface area contributed by atoms with Crippen molar-refractivity contribution in [3.63, 3.8) is 0 Å². The van der Waals surface area contributed by atoms with E-state index in [0.717, 1.165) is 87.4 Å². The monoisotopic (exact) mass is 402 g/mol. The molecule has 0 aliphatic carbocycles. The number of piperazine rings is 1. The van der Waals surface area contributed by atoms with Crippen LogP contribution in [0.15, 0.2) is 18.2 Å². The second-order valence-electron chi connectivity index (χ2n) is 7.48. The standard InChI is InChI=1S/C20H30N6OS/c1-16-3-4-18-17(15-16)19(21-5-14-28-26-10-12-27-13-11-26)23-20(22-18)25-8-6-24(2)7-9-25/h3-4,15H,5-14H2,1-2H3,(H,21,22,23). The predicted octanol–water partition coefficient (Wildman–Crippen LogP) is 2.08. The molecule has 7 nitrogen and oxygen atoms in total. The Bertz CT molecular complexity index is 790. The van der Waals surface area contributed by atoms with Crippen molar-refractivity contribution in [1.82, 2.24) is 19.2 Å². The summed E-state index contributed by atoms with van der Waals surface area (Å²) in [4.78, 5) is 14.4. The summed E-state index contributed by atoms with van der Waals surface area (Å²) in [6.45, 7) is 10.7. The minimum Gasteiger partial charge on any atom is -0.379 e. The molecule has 1 N–H and O–H groups in total. The average molecular weight is 403 g/mol. The maximum Gasteiger partial charge on any atom is 0.227 e. The molecule has 8 heteroatoms. The molecular weight excluding hydrogens is 372 g/mol. The van der Waals surface area contributed by atoms with E-state index < -0.39 is 0 Å². The van der Waals surface area contributed by atoms with Crippen molar-refractivity contribution in [3.05, 3.63) is 23.8 Å². The molecule has 2 aliphatic heterocycles. The number of likely N-dealkylation sites (N-methyl/N-ethyl adjacent to an activating group) is 1. The van der Waals surface area contributed by atoms with Gasteiger partial charge < -0.3 is 19.9 Å². The number of rotatable bonds is 6. The molecule has 0 unspecified atom stereocenters. The van der Waals surface area contributed by atoms with Gasteiger partial charge in [0, 0.05) is 57.0 Å². The number of hydrogen-bond donors (Lipinski definition) is 1. The fourth-order valence-corrected chi connectivity index (χ4v) is 4.39. The van der Waals surface area contributed by atoms with E-state index in [1.807, 2.05) is 11.9 Å². The number of benzene rings is 1. The maximum absolute atomic E-state index is 5.42. The third-order valence-corrected chi connectivity index (χ3v) is 6.38. The van der Waals surface area contributed by atoms with Crippen LogP contribution in [0.4, 0.5) is 11.8 Å². The summed E-state index contributed by atoms with van der Waals surface area (Å²) in [7, 11) is 2.17. The van der Waals surface area contributed by atoms with E-state index in [9.17, 15) is 0 Å². The van der Waals surface area contributed by atoms with Crippen LogP contribution in [-0.4, -0.2) is 91.0 Å². The van der Waals surface area contributed by atoms with E-state index in [-0.39, 0.29) is 0 Å². The number of fused-ring (bicyclic) bond motifs is 1. The number of morpholine rings is 1. The van der Waals surface area contributed by atoms with Crippen LogP contribution in [0.3, 0.4) is 0 Å². The zero-order valence-corrected chi connectivity index (χ0v) is 17.7. The highest BCUT2D eigenvalue weighted by Crippen LogP contribution is 2.25. The molecule has 2 saturated heterocycles. The van der Waals surface area contributed by atoms with Crippen LogP contribution in [0.1, 0.15) is 5.56 Å². The number of hydrogen-bond acceptors (Lipinski definition) is 8.